The molecule has 0 saturated heterocycles. The van der Waals surface area contributed by atoms with Gasteiger partial charge in [-0.25, -0.2) is 0 Å². The van der Waals surface area contributed by atoms with Crippen LogP contribution in [0.5, 0.6) is 0 Å². The Labute approximate surface area is 423 Å². The van der Waals surface area contributed by atoms with E-state index < -0.39 is 0 Å². The molecule has 0 amide bonds. The zero-order valence-electron chi connectivity index (χ0n) is 41.1. The van der Waals surface area contributed by atoms with Crippen molar-refractivity contribution in [2.75, 3.05) is 4.90 Å². The maximum atomic E-state index is 2.50. The summed E-state index contributed by atoms with van der Waals surface area (Å²) in [6, 6.07) is 89.1. The highest BCUT2D eigenvalue weighted by Crippen LogP contribution is 2.55. The monoisotopic (exact) mass is 922 g/mol. The molecular formula is C70H54N2. The molecule has 0 bridgehead atoms. The summed E-state index contributed by atoms with van der Waals surface area (Å²) < 4.78 is 2.49. The highest BCUT2D eigenvalue weighted by molar-refractivity contribution is 6.08. The predicted octanol–water partition coefficient (Wildman–Crippen LogP) is 18.9. The van der Waals surface area contributed by atoms with Gasteiger partial charge >= 0.3 is 0 Å². The molecule has 1 aromatic heterocycles. The lowest BCUT2D eigenvalue weighted by molar-refractivity contribution is 0.659. The Morgan fingerprint density at radius 3 is 1.35 bits per heavy atom. The average molecular weight is 923 g/mol. The molecule has 2 heteroatoms. The lowest BCUT2D eigenvalue weighted by Crippen LogP contribution is -2.15. The van der Waals surface area contributed by atoms with Crippen LogP contribution in [0.2, 0.25) is 0 Å². The third kappa shape index (κ3) is 7.09. The molecule has 0 fully saturated rings. The van der Waals surface area contributed by atoms with E-state index in [-0.39, 0.29) is 10.8 Å². The van der Waals surface area contributed by atoms with Crippen molar-refractivity contribution in [1.82, 2.24) is 4.57 Å². The zero-order valence-corrected chi connectivity index (χ0v) is 41.1. The maximum absolute atomic E-state index is 2.50. The van der Waals surface area contributed by atoms with Crippen LogP contribution in [0.1, 0.15) is 61.1 Å². The van der Waals surface area contributed by atoms with Crippen molar-refractivity contribution in [3.63, 3.8) is 0 Å². The minimum Gasteiger partial charge on any atom is -0.311 e. The minimum absolute atomic E-state index is 0.162. The molecule has 0 radical (unpaired) electrons. The van der Waals surface area contributed by atoms with Crippen LogP contribution in [-0.4, -0.2) is 4.57 Å². The number of aromatic nitrogens is 1. The van der Waals surface area contributed by atoms with E-state index in [0.29, 0.717) is 0 Å². The van der Waals surface area contributed by atoms with E-state index in [9.17, 15) is 0 Å². The number of benzene rings is 10. The first-order chi connectivity index (χ1) is 35.2. The summed E-state index contributed by atoms with van der Waals surface area (Å²) in [5, 5.41) is 1.26. The first-order valence-corrected chi connectivity index (χ1v) is 25.2. The van der Waals surface area contributed by atoms with Crippen molar-refractivity contribution in [2.24, 2.45) is 0 Å². The molecule has 0 atom stereocenters. The van der Waals surface area contributed by atoms with Crippen molar-refractivity contribution in [3.05, 3.63) is 276 Å². The van der Waals surface area contributed by atoms with Gasteiger partial charge in [0.2, 0.25) is 0 Å². The second kappa shape index (κ2) is 17.0. The second-order valence-electron chi connectivity index (χ2n) is 20.5. The van der Waals surface area contributed by atoms with Crippen LogP contribution in [0.4, 0.5) is 17.1 Å². The number of rotatable bonds is 9. The van der Waals surface area contributed by atoms with Gasteiger partial charge in [-0.05, 0) is 151 Å². The number of hydrogen-bond acceptors (Lipinski definition) is 1. The molecule has 1 heterocycles. The van der Waals surface area contributed by atoms with Crippen molar-refractivity contribution in [3.8, 4) is 61.5 Å². The molecule has 2 nitrogen and oxygen atoms in total. The van der Waals surface area contributed by atoms with E-state index in [1.165, 1.54) is 94.5 Å². The average Bonchev–Trinajstić information content (AvgIpc) is 3.97. The van der Waals surface area contributed by atoms with Crippen molar-refractivity contribution < 1.29 is 0 Å². The molecule has 2 aliphatic carbocycles. The van der Waals surface area contributed by atoms with Gasteiger partial charge in [-0.2, -0.15) is 0 Å². The molecule has 11 aromatic rings. The van der Waals surface area contributed by atoms with Crippen LogP contribution in [0.3, 0.4) is 0 Å². The van der Waals surface area contributed by atoms with Crippen LogP contribution >= 0.6 is 0 Å². The first-order valence-electron chi connectivity index (χ1n) is 25.2. The fourth-order valence-electron chi connectivity index (χ4n) is 11.9. The third-order valence-corrected chi connectivity index (χ3v) is 15.6. The molecule has 0 aliphatic heterocycles. The number of fused-ring (bicyclic) bond motifs is 7. The minimum atomic E-state index is -0.219. The van der Waals surface area contributed by atoms with E-state index >= 15 is 0 Å². The SMILES string of the molecule is CC1(C)c2cc(C=Cc3ccc(N(c4ccccc4)c4ccccc4)cc3)ccc2-c2ccc(-c3ccc4c(c3)C(C)(C)c3cc5c(cc3-4)c(-c3ccccc3)c(-c3ccccc3)n5-c3ccccc3)cc21. The first kappa shape index (κ1) is 43.3. The van der Waals surface area contributed by atoms with Crippen molar-refractivity contribution in [1.29, 1.82) is 0 Å². The fraction of sp³-hybridized carbons (Fsp3) is 0.0857. The molecule has 0 unspecified atom stereocenters. The van der Waals surface area contributed by atoms with Gasteiger partial charge in [0.05, 0.1) is 11.2 Å². The quantitative estimate of drug-likeness (QED) is 0.131. The highest BCUT2D eigenvalue weighted by Gasteiger charge is 2.39. The molecule has 344 valence electrons. The lowest BCUT2D eigenvalue weighted by atomic mass is 9.80. The van der Waals surface area contributed by atoms with E-state index in [1.54, 1.807) is 0 Å². The molecule has 2 aliphatic rings. The zero-order chi connectivity index (χ0) is 48.6. The Hall–Kier alpha value is -8.72. The number of hydrogen-bond donors (Lipinski definition) is 0. The van der Waals surface area contributed by atoms with Gasteiger partial charge in [0.25, 0.3) is 0 Å². The van der Waals surface area contributed by atoms with Crippen molar-refractivity contribution in [2.45, 2.75) is 38.5 Å². The fourth-order valence-corrected chi connectivity index (χ4v) is 11.9. The normalized spacial score (nSPS) is 13.7. The van der Waals surface area contributed by atoms with Crippen LogP contribution in [-0.2, 0) is 10.8 Å². The highest BCUT2D eigenvalue weighted by atomic mass is 15.1. The molecular weight excluding hydrogens is 869 g/mol. The Kier molecular flexibility index (Phi) is 10.2. The molecule has 72 heavy (non-hydrogen) atoms. The van der Waals surface area contributed by atoms with Gasteiger partial charge in [-0.3, -0.25) is 0 Å². The summed E-state index contributed by atoms with van der Waals surface area (Å²) >= 11 is 0. The summed E-state index contributed by atoms with van der Waals surface area (Å²) in [6.07, 6.45) is 4.49. The van der Waals surface area contributed by atoms with Crippen LogP contribution in [0, 0.1) is 0 Å². The molecule has 0 saturated carbocycles. The van der Waals surface area contributed by atoms with Crippen molar-refractivity contribution >= 4 is 40.1 Å². The molecule has 0 spiro atoms. The predicted molar refractivity (Wildman–Crippen MR) is 305 cm³/mol. The number of para-hydroxylation sites is 3. The summed E-state index contributed by atoms with van der Waals surface area (Å²) in [4.78, 5) is 2.30. The Morgan fingerprint density at radius 1 is 0.347 bits per heavy atom. The summed E-state index contributed by atoms with van der Waals surface area (Å²) in [5.41, 5.74) is 25.9. The van der Waals surface area contributed by atoms with E-state index in [0.717, 1.165) is 28.3 Å². The maximum Gasteiger partial charge on any atom is 0.0619 e. The smallest absolute Gasteiger partial charge is 0.0619 e. The third-order valence-electron chi connectivity index (χ3n) is 15.6. The Bertz CT molecular complexity index is 3820. The largest absolute Gasteiger partial charge is 0.311 e. The van der Waals surface area contributed by atoms with E-state index in [1.807, 2.05) is 0 Å². The Balaban J connectivity index is 0.827. The molecule has 0 N–H and O–H groups in total. The summed E-state index contributed by atoms with van der Waals surface area (Å²) in [6.45, 7) is 9.60. The summed E-state index contributed by atoms with van der Waals surface area (Å²) in [7, 11) is 0. The van der Waals surface area contributed by atoms with Crippen LogP contribution in [0.15, 0.2) is 243 Å². The standard InChI is InChI=1S/C70H54N2/c1-69(2)62-42-48(31-30-47-32-37-56(38-33-47)71(53-24-14-7-15-25-53)54-26-16-8-17-27-54)34-39-57(62)58-40-35-51(43-63(58)69)52-36-41-59-60-45-61-66(46-65(60)70(3,4)64(59)44-52)72(55-28-18-9-19-29-55)68(50-22-12-6-13-23-50)67(61)49-20-10-5-11-21-49/h5-46H,1-4H3. The van der Waals surface area contributed by atoms with E-state index in [4.69, 9.17) is 0 Å². The van der Waals surface area contributed by atoms with Crippen LogP contribution < -0.4 is 4.90 Å². The number of nitrogens with zero attached hydrogens (tertiary/aromatic N) is 2. The van der Waals surface area contributed by atoms with Crippen LogP contribution in [0.25, 0.3) is 84.5 Å². The van der Waals surface area contributed by atoms with Gasteiger partial charge in [0.1, 0.15) is 0 Å². The van der Waals surface area contributed by atoms with Gasteiger partial charge in [-0.15, -0.1) is 0 Å². The molecule has 13 rings (SSSR count). The lowest BCUT2D eigenvalue weighted by Gasteiger charge is -2.25. The summed E-state index contributed by atoms with van der Waals surface area (Å²) in [5.74, 6) is 0. The van der Waals surface area contributed by atoms with Gasteiger partial charge in [0, 0.05) is 44.5 Å². The van der Waals surface area contributed by atoms with Gasteiger partial charge in [-0.1, -0.05) is 210 Å². The molecule has 10 aromatic carbocycles. The Morgan fingerprint density at radius 2 is 0.778 bits per heavy atom. The second-order valence-corrected chi connectivity index (χ2v) is 20.5. The van der Waals surface area contributed by atoms with Gasteiger partial charge in [0.15, 0.2) is 0 Å². The van der Waals surface area contributed by atoms with Gasteiger partial charge < -0.3 is 9.47 Å². The topological polar surface area (TPSA) is 8.17 Å². The van der Waals surface area contributed by atoms with E-state index in [2.05, 4.69) is 292 Å². The number of anilines is 3.